The number of carbonyl (C=O) groups excluding carboxylic acids is 1. The van der Waals surface area contributed by atoms with E-state index in [9.17, 15) is 14.7 Å². The van der Waals surface area contributed by atoms with Crippen molar-refractivity contribution in [2.45, 2.75) is 155 Å². The highest BCUT2D eigenvalue weighted by atomic mass is 16.5. The highest BCUT2D eigenvalue weighted by molar-refractivity contribution is 5.71. The van der Waals surface area contributed by atoms with Gasteiger partial charge in [0.15, 0.2) is 0 Å². The first-order valence-corrected chi connectivity index (χ1v) is 16.3. The molecule has 1 N–H and O–H groups in total. The molecule has 228 valence electrons. The lowest BCUT2D eigenvalue weighted by atomic mass is 10.0. The Balaban J connectivity index is 3.80. The summed E-state index contributed by atoms with van der Waals surface area (Å²) >= 11 is 0. The molecule has 1 unspecified atom stereocenters. The first-order chi connectivity index (χ1) is 19.6. The Labute approximate surface area is 246 Å². The zero-order valence-electron chi connectivity index (χ0n) is 25.9. The fourth-order valence-electron chi connectivity index (χ4n) is 4.40. The number of carboxylic acid groups (broad SMARTS) is 1. The van der Waals surface area contributed by atoms with Gasteiger partial charge in [0.05, 0.1) is 6.42 Å². The van der Waals surface area contributed by atoms with Gasteiger partial charge in [0.1, 0.15) is 6.10 Å². The number of rotatable bonds is 28. The molecule has 0 amide bonds. The van der Waals surface area contributed by atoms with E-state index < -0.39 is 12.1 Å². The van der Waals surface area contributed by atoms with E-state index >= 15 is 0 Å². The Morgan fingerprint density at radius 1 is 0.600 bits per heavy atom. The molecule has 0 saturated heterocycles. The van der Waals surface area contributed by atoms with Crippen molar-refractivity contribution in [3.8, 4) is 0 Å². The second kappa shape index (κ2) is 31.2. The number of hydrogen-bond donors (Lipinski definition) is 1. The Hall–Kier alpha value is -2.36. The monoisotopic (exact) mass is 556 g/mol. The van der Waals surface area contributed by atoms with Gasteiger partial charge in [-0.2, -0.15) is 0 Å². The number of hydrogen-bond acceptors (Lipinski definition) is 3. The van der Waals surface area contributed by atoms with Crippen LogP contribution < -0.4 is 0 Å². The van der Waals surface area contributed by atoms with Gasteiger partial charge in [-0.25, -0.2) is 0 Å². The van der Waals surface area contributed by atoms with Crippen LogP contribution in [-0.2, 0) is 14.3 Å². The van der Waals surface area contributed by atoms with Crippen molar-refractivity contribution in [3.63, 3.8) is 0 Å². The highest BCUT2D eigenvalue weighted by Gasteiger charge is 2.17. The molecule has 0 spiro atoms. The van der Waals surface area contributed by atoms with Crippen LogP contribution in [0.25, 0.3) is 0 Å². The van der Waals surface area contributed by atoms with Crippen LogP contribution in [0.2, 0.25) is 0 Å². The van der Waals surface area contributed by atoms with Gasteiger partial charge >= 0.3 is 11.9 Å². The fraction of sp³-hybridized carbons (Fsp3) is 0.667. The number of carbonyl (C=O) groups is 2. The lowest BCUT2D eigenvalue weighted by molar-refractivity contribution is -0.153. The Morgan fingerprint density at radius 2 is 1.07 bits per heavy atom. The molecule has 0 heterocycles. The predicted molar refractivity (Wildman–Crippen MR) is 172 cm³/mol. The highest BCUT2D eigenvalue weighted by Crippen LogP contribution is 2.15. The van der Waals surface area contributed by atoms with Gasteiger partial charge in [0, 0.05) is 6.42 Å². The minimum atomic E-state index is -0.897. The van der Waals surface area contributed by atoms with Crippen LogP contribution >= 0.6 is 0 Å². The van der Waals surface area contributed by atoms with Crippen LogP contribution in [0.3, 0.4) is 0 Å². The van der Waals surface area contributed by atoms with Crippen molar-refractivity contribution in [3.05, 3.63) is 60.8 Å². The van der Waals surface area contributed by atoms with E-state index in [2.05, 4.69) is 74.6 Å². The van der Waals surface area contributed by atoms with Crippen LogP contribution in [0.15, 0.2) is 60.8 Å². The summed E-state index contributed by atoms with van der Waals surface area (Å²) in [5, 5.41) is 9.18. The second-order valence-electron chi connectivity index (χ2n) is 10.6. The Bertz CT molecular complexity index is 729. The topological polar surface area (TPSA) is 63.6 Å². The maximum atomic E-state index is 12.2. The van der Waals surface area contributed by atoms with E-state index in [1.54, 1.807) is 0 Å². The minimum Gasteiger partial charge on any atom is -0.481 e. The van der Waals surface area contributed by atoms with E-state index in [4.69, 9.17) is 4.74 Å². The maximum Gasteiger partial charge on any atom is 0.307 e. The molecule has 0 aromatic heterocycles. The first-order valence-electron chi connectivity index (χ1n) is 16.3. The Kier molecular flexibility index (Phi) is 29.3. The van der Waals surface area contributed by atoms with E-state index in [0.29, 0.717) is 12.8 Å². The van der Waals surface area contributed by atoms with E-state index in [-0.39, 0.29) is 12.4 Å². The summed E-state index contributed by atoms with van der Waals surface area (Å²) in [4.78, 5) is 23.4. The van der Waals surface area contributed by atoms with Crippen molar-refractivity contribution in [2.75, 3.05) is 0 Å². The van der Waals surface area contributed by atoms with Crippen LogP contribution in [0.5, 0.6) is 0 Å². The van der Waals surface area contributed by atoms with Crippen LogP contribution in [0, 0.1) is 0 Å². The fourth-order valence-corrected chi connectivity index (χ4v) is 4.40. The molecule has 0 radical (unpaired) electrons. The van der Waals surface area contributed by atoms with Crippen molar-refractivity contribution >= 4 is 11.9 Å². The largest absolute Gasteiger partial charge is 0.481 e. The molecule has 0 saturated carbocycles. The summed E-state index contributed by atoms with van der Waals surface area (Å²) < 4.78 is 5.52. The van der Waals surface area contributed by atoms with Gasteiger partial charge in [-0.05, 0) is 64.2 Å². The molecule has 40 heavy (non-hydrogen) atoms. The third kappa shape index (κ3) is 30.2. The molecular weight excluding hydrogens is 496 g/mol. The van der Waals surface area contributed by atoms with Crippen LogP contribution in [-0.4, -0.2) is 23.1 Å². The lowest BCUT2D eigenvalue weighted by Crippen LogP contribution is -2.21. The summed E-state index contributed by atoms with van der Waals surface area (Å²) in [6, 6.07) is 0. The number of allylic oxidation sites excluding steroid dienone is 10. The summed E-state index contributed by atoms with van der Waals surface area (Å²) in [5.41, 5.74) is 0. The molecule has 0 bridgehead atoms. The third-order valence-electron chi connectivity index (χ3n) is 6.74. The van der Waals surface area contributed by atoms with Gasteiger partial charge in [0.2, 0.25) is 0 Å². The molecule has 4 nitrogen and oxygen atoms in total. The van der Waals surface area contributed by atoms with Gasteiger partial charge in [-0.15, -0.1) is 0 Å². The summed E-state index contributed by atoms with van der Waals surface area (Å²) in [6.45, 7) is 4.38. The molecule has 0 aliphatic rings. The van der Waals surface area contributed by atoms with E-state index in [1.807, 2.05) is 0 Å². The second-order valence-corrected chi connectivity index (χ2v) is 10.6. The van der Waals surface area contributed by atoms with Crippen molar-refractivity contribution in [1.29, 1.82) is 0 Å². The van der Waals surface area contributed by atoms with Crippen molar-refractivity contribution in [2.24, 2.45) is 0 Å². The number of esters is 1. The van der Waals surface area contributed by atoms with Crippen molar-refractivity contribution in [1.82, 2.24) is 0 Å². The number of carboxylic acids is 1. The maximum absolute atomic E-state index is 12.2. The van der Waals surface area contributed by atoms with Crippen LogP contribution in [0.4, 0.5) is 0 Å². The molecule has 0 aliphatic heterocycles. The minimum absolute atomic E-state index is 0.0904. The van der Waals surface area contributed by atoms with Gasteiger partial charge in [0.25, 0.3) is 0 Å². The third-order valence-corrected chi connectivity index (χ3v) is 6.74. The molecular formula is C36H60O4. The summed E-state index contributed by atoms with van der Waals surface area (Å²) in [6.07, 6.45) is 42.3. The predicted octanol–water partition coefficient (Wildman–Crippen LogP) is 11.0. The average molecular weight is 557 g/mol. The molecule has 0 aromatic carbocycles. The standard InChI is InChI=1S/C36H60O4/c1-3-5-7-9-11-13-14-15-16-17-18-19-20-21-22-24-26-28-30-32-36(39)40-34(33-35(37)38)31-29-27-25-23-12-10-8-6-4-2/h5,7,11,13,15-16,18-19,21-22,34H,3-4,6,8-10,12,14,17,20,23-33H2,1-2H3,(H,37,38)/b7-5-,13-11-,16-15-,19-18-,22-21-. The van der Waals surface area contributed by atoms with E-state index in [0.717, 1.165) is 70.6 Å². The number of unbranched alkanes of at least 4 members (excludes halogenated alkanes) is 11. The Morgan fingerprint density at radius 3 is 1.60 bits per heavy atom. The molecule has 0 fully saturated rings. The summed E-state index contributed by atoms with van der Waals surface area (Å²) in [5.74, 6) is -1.15. The smallest absolute Gasteiger partial charge is 0.307 e. The molecule has 0 rings (SSSR count). The van der Waals surface area contributed by atoms with Crippen molar-refractivity contribution < 1.29 is 19.4 Å². The summed E-state index contributed by atoms with van der Waals surface area (Å²) in [7, 11) is 0. The molecule has 0 aromatic rings. The quantitative estimate of drug-likeness (QED) is 0.0591. The number of aliphatic carboxylic acids is 1. The van der Waals surface area contributed by atoms with Gasteiger partial charge in [-0.3, -0.25) is 9.59 Å². The molecule has 1 atom stereocenters. The number of ether oxygens (including phenoxy) is 1. The van der Waals surface area contributed by atoms with E-state index in [1.165, 1.54) is 44.9 Å². The zero-order chi connectivity index (χ0) is 29.4. The van der Waals surface area contributed by atoms with Gasteiger partial charge in [-0.1, -0.05) is 132 Å². The van der Waals surface area contributed by atoms with Gasteiger partial charge < -0.3 is 9.84 Å². The molecule has 4 heteroatoms. The normalized spacial score (nSPS) is 13.1. The average Bonchev–Trinajstić information content (AvgIpc) is 2.93. The first kappa shape index (κ1) is 37.6. The SMILES string of the molecule is CC/C=C\C/C=C\C/C=C\C/C=C\C/C=C\CCCCCC(=O)OC(CCCCCCCCCCC)CC(=O)O. The van der Waals surface area contributed by atoms with Crippen LogP contribution in [0.1, 0.15) is 149 Å². The lowest BCUT2D eigenvalue weighted by Gasteiger charge is -2.16. The molecule has 0 aliphatic carbocycles. The zero-order valence-corrected chi connectivity index (χ0v) is 25.9.